The molecule has 3 aromatic carbocycles. The lowest BCUT2D eigenvalue weighted by atomic mass is 9.76. The molecular formula is C26H23BrN2O3. The van der Waals surface area contributed by atoms with E-state index in [1.54, 1.807) is 7.11 Å². The quantitative estimate of drug-likeness (QED) is 0.580. The van der Waals surface area contributed by atoms with Crippen LogP contribution in [0.4, 0.5) is 0 Å². The highest BCUT2D eigenvalue weighted by molar-refractivity contribution is 9.10. The first-order chi connectivity index (χ1) is 15.6. The van der Waals surface area contributed by atoms with Crippen molar-refractivity contribution in [3.8, 4) is 5.75 Å². The third kappa shape index (κ3) is 3.48. The monoisotopic (exact) mass is 490 g/mol. The average molecular weight is 491 g/mol. The first-order valence-corrected chi connectivity index (χ1v) is 11.5. The highest BCUT2D eigenvalue weighted by atomic mass is 79.9. The van der Waals surface area contributed by atoms with Gasteiger partial charge in [0.1, 0.15) is 5.75 Å². The summed E-state index contributed by atoms with van der Waals surface area (Å²) >= 11 is 3.49. The van der Waals surface area contributed by atoms with Crippen LogP contribution >= 0.6 is 15.9 Å². The van der Waals surface area contributed by atoms with Crippen LogP contribution in [0.3, 0.4) is 0 Å². The van der Waals surface area contributed by atoms with Crippen LogP contribution in [0.1, 0.15) is 44.6 Å². The molecule has 0 saturated carbocycles. The number of carbonyl (C=O) groups excluding carboxylic acids is 2. The Morgan fingerprint density at radius 2 is 1.84 bits per heavy atom. The zero-order valence-electron chi connectivity index (χ0n) is 17.7. The molecule has 2 atom stereocenters. The van der Waals surface area contributed by atoms with Crippen LogP contribution in [0.15, 0.2) is 71.2 Å². The van der Waals surface area contributed by atoms with E-state index in [9.17, 15) is 9.59 Å². The Kier molecular flexibility index (Phi) is 5.47. The fourth-order valence-electron chi connectivity index (χ4n) is 4.94. The second-order valence-electron chi connectivity index (χ2n) is 8.13. The lowest BCUT2D eigenvalue weighted by Crippen LogP contribution is -2.50. The Balaban J connectivity index is 1.53. The third-order valence-corrected chi connectivity index (χ3v) is 6.91. The number of hydrogen-bond donors (Lipinski definition) is 1. The minimum Gasteiger partial charge on any atom is -0.496 e. The van der Waals surface area contributed by atoms with Gasteiger partial charge in [-0.1, -0.05) is 58.4 Å². The van der Waals surface area contributed by atoms with E-state index in [4.69, 9.17) is 4.74 Å². The van der Waals surface area contributed by atoms with Crippen molar-refractivity contribution >= 4 is 27.7 Å². The Morgan fingerprint density at radius 3 is 2.66 bits per heavy atom. The second kappa shape index (κ2) is 8.43. The molecule has 2 amide bonds. The van der Waals surface area contributed by atoms with Crippen molar-refractivity contribution in [1.82, 2.24) is 10.2 Å². The Bertz CT molecular complexity index is 1210. The molecule has 5 rings (SSSR count). The maximum Gasteiger partial charge on any atom is 0.254 e. The molecular weight excluding hydrogens is 468 g/mol. The van der Waals surface area contributed by atoms with Crippen molar-refractivity contribution < 1.29 is 14.3 Å². The van der Waals surface area contributed by atoms with Crippen LogP contribution in [0.25, 0.3) is 0 Å². The van der Waals surface area contributed by atoms with Gasteiger partial charge in [0.2, 0.25) is 5.91 Å². The summed E-state index contributed by atoms with van der Waals surface area (Å²) in [6.45, 7) is 0.945. The van der Waals surface area contributed by atoms with E-state index in [0.29, 0.717) is 18.7 Å². The molecule has 0 aromatic heterocycles. The van der Waals surface area contributed by atoms with Crippen LogP contribution in [-0.4, -0.2) is 30.4 Å². The van der Waals surface area contributed by atoms with E-state index in [0.717, 1.165) is 33.3 Å². The fourth-order valence-corrected chi connectivity index (χ4v) is 5.34. The second-order valence-corrected chi connectivity index (χ2v) is 9.05. The number of ether oxygens (including phenoxy) is 1. The molecule has 0 fully saturated rings. The van der Waals surface area contributed by atoms with Gasteiger partial charge in [-0.05, 0) is 47.4 Å². The lowest BCUT2D eigenvalue weighted by molar-refractivity contribution is -0.124. The molecule has 0 aliphatic carbocycles. The normalized spacial score (nSPS) is 18.9. The van der Waals surface area contributed by atoms with Gasteiger partial charge in [0.25, 0.3) is 5.91 Å². The summed E-state index contributed by atoms with van der Waals surface area (Å²) in [5.41, 5.74) is 4.54. The summed E-state index contributed by atoms with van der Waals surface area (Å²) in [4.78, 5) is 28.9. The van der Waals surface area contributed by atoms with Gasteiger partial charge in [0, 0.05) is 28.7 Å². The molecule has 2 aliphatic heterocycles. The van der Waals surface area contributed by atoms with Crippen molar-refractivity contribution in [2.45, 2.75) is 24.9 Å². The van der Waals surface area contributed by atoms with Crippen molar-refractivity contribution in [2.24, 2.45) is 0 Å². The number of methoxy groups -OCH3 is 1. The first-order valence-electron chi connectivity index (χ1n) is 10.7. The minimum absolute atomic E-state index is 0.00203. The largest absolute Gasteiger partial charge is 0.496 e. The Hall–Kier alpha value is -3.12. The van der Waals surface area contributed by atoms with E-state index in [-0.39, 0.29) is 17.9 Å². The van der Waals surface area contributed by atoms with E-state index >= 15 is 0 Å². The maximum atomic E-state index is 13.7. The molecule has 162 valence electrons. The number of fused-ring (bicyclic) bond motifs is 4. The van der Waals surface area contributed by atoms with E-state index in [1.807, 2.05) is 65.6 Å². The number of amides is 2. The molecule has 1 N–H and O–H groups in total. The van der Waals surface area contributed by atoms with Crippen molar-refractivity contribution in [3.63, 3.8) is 0 Å². The van der Waals surface area contributed by atoms with E-state index < -0.39 is 5.92 Å². The number of halogens is 1. The summed E-state index contributed by atoms with van der Waals surface area (Å²) in [6.07, 6.45) is 0.796. The molecule has 0 radical (unpaired) electrons. The summed E-state index contributed by atoms with van der Waals surface area (Å²) in [7, 11) is 1.62. The molecule has 3 aromatic rings. The number of nitrogens with one attached hydrogen (secondary N) is 1. The van der Waals surface area contributed by atoms with Gasteiger partial charge in [0.05, 0.1) is 19.1 Å². The molecule has 32 heavy (non-hydrogen) atoms. The van der Waals surface area contributed by atoms with E-state index in [2.05, 4.69) is 27.3 Å². The highest BCUT2D eigenvalue weighted by Gasteiger charge is 2.46. The maximum absolute atomic E-state index is 13.7. The van der Waals surface area contributed by atoms with Gasteiger partial charge in [-0.3, -0.25) is 9.59 Å². The van der Waals surface area contributed by atoms with Gasteiger partial charge >= 0.3 is 0 Å². The standard InChI is InChI=1S/C26H23BrN2O3/c1-32-22-11-10-18(27)14-17(22)15-28-25(30)23-20-8-4-5-9-21(20)26(31)29-13-12-16-6-2-3-7-19(16)24(23)29/h2-11,14,23-24H,12-13,15H2,1H3,(H,28,30)/t23-,24+/m1/s1. The van der Waals surface area contributed by atoms with Gasteiger partial charge in [0.15, 0.2) is 0 Å². The topological polar surface area (TPSA) is 58.6 Å². The first kappa shape index (κ1) is 20.8. The zero-order chi connectivity index (χ0) is 22.2. The van der Waals surface area contributed by atoms with Crippen molar-refractivity contribution in [1.29, 1.82) is 0 Å². The van der Waals surface area contributed by atoms with Gasteiger partial charge < -0.3 is 15.0 Å². The molecule has 0 saturated heterocycles. The van der Waals surface area contributed by atoms with Crippen LogP contribution in [0.5, 0.6) is 5.75 Å². The highest BCUT2D eigenvalue weighted by Crippen LogP contribution is 2.45. The van der Waals surface area contributed by atoms with Gasteiger partial charge in [-0.2, -0.15) is 0 Å². The Morgan fingerprint density at radius 1 is 1.09 bits per heavy atom. The summed E-state index contributed by atoms with van der Waals surface area (Å²) in [6, 6.07) is 21.0. The number of carbonyl (C=O) groups is 2. The smallest absolute Gasteiger partial charge is 0.254 e. The van der Waals surface area contributed by atoms with Crippen LogP contribution < -0.4 is 10.1 Å². The number of benzene rings is 3. The lowest BCUT2D eigenvalue weighted by Gasteiger charge is -2.45. The summed E-state index contributed by atoms with van der Waals surface area (Å²) in [5.74, 6) is 0.136. The molecule has 2 heterocycles. The predicted molar refractivity (Wildman–Crippen MR) is 126 cm³/mol. The molecule has 5 nitrogen and oxygen atoms in total. The molecule has 0 spiro atoms. The number of rotatable bonds is 4. The van der Waals surface area contributed by atoms with Crippen LogP contribution in [0.2, 0.25) is 0 Å². The average Bonchev–Trinajstić information content (AvgIpc) is 2.83. The predicted octanol–water partition coefficient (Wildman–Crippen LogP) is 4.61. The SMILES string of the molecule is COc1ccc(Br)cc1CNC(=O)[C@@H]1c2ccccc2C(=O)N2CCc3ccccc3[C@@H]12. The van der Waals surface area contributed by atoms with Crippen molar-refractivity contribution in [3.05, 3.63) is 99.0 Å². The molecule has 0 unspecified atom stereocenters. The van der Waals surface area contributed by atoms with Crippen LogP contribution in [0, 0.1) is 0 Å². The zero-order valence-corrected chi connectivity index (χ0v) is 19.3. The Labute approximate surface area is 195 Å². The number of nitrogens with zero attached hydrogens (tertiary/aromatic N) is 1. The summed E-state index contributed by atoms with van der Waals surface area (Å²) in [5, 5.41) is 3.11. The fraction of sp³-hybridized carbons (Fsp3) is 0.231. The van der Waals surface area contributed by atoms with Crippen molar-refractivity contribution in [2.75, 3.05) is 13.7 Å². The third-order valence-electron chi connectivity index (χ3n) is 6.41. The molecule has 0 bridgehead atoms. The van der Waals surface area contributed by atoms with E-state index in [1.165, 1.54) is 5.56 Å². The molecule has 6 heteroatoms. The minimum atomic E-state index is -0.483. The van der Waals surface area contributed by atoms with Gasteiger partial charge in [-0.25, -0.2) is 0 Å². The van der Waals surface area contributed by atoms with Gasteiger partial charge in [-0.15, -0.1) is 0 Å². The van der Waals surface area contributed by atoms with Crippen LogP contribution in [-0.2, 0) is 17.8 Å². The number of hydrogen-bond acceptors (Lipinski definition) is 3. The molecule has 2 aliphatic rings. The summed E-state index contributed by atoms with van der Waals surface area (Å²) < 4.78 is 6.38.